The first-order valence-corrected chi connectivity index (χ1v) is 8.75. The Morgan fingerprint density at radius 3 is 2.50 bits per heavy atom. The molecule has 0 saturated carbocycles. The van der Waals surface area contributed by atoms with Crippen LogP contribution in [0.2, 0.25) is 5.02 Å². The molecule has 0 amide bonds. The molecule has 0 aliphatic carbocycles. The van der Waals surface area contributed by atoms with Crippen LogP contribution in [0.5, 0.6) is 0 Å². The zero-order valence-electron chi connectivity index (χ0n) is 14.3. The SMILES string of the molecule is CCCCCn1c(-c2ccc(Cl)cc2)cn2c(=O)c(C)c(C)nc12. The van der Waals surface area contributed by atoms with E-state index >= 15 is 0 Å². The van der Waals surface area contributed by atoms with Crippen molar-refractivity contribution in [3.8, 4) is 11.3 Å². The molecule has 3 aromatic rings. The number of imidazole rings is 1. The summed E-state index contributed by atoms with van der Waals surface area (Å²) in [6.07, 6.45) is 5.26. The van der Waals surface area contributed by atoms with Crippen molar-refractivity contribution in [3.05, 3.63) is 57.1 Å². The highest BCUT2D eigenvalue weighted by atomic mass is 35.5. The minimum Gasteiger partial charge on any atom is -0.310 e. The van der Waals surface area contributed by atoms with E-state index in [4.69, 9.17) is 11.6 Å². The number of halogens is 1. The van der Waals surface area contributed by atoms with E-state index in [2.05, 4.69) is 16.5 Å². The van der Waals surface area contributed by atoms with Crippen LogP contribution in [0, 0.1) is 13.8 Å². The molecule has 0 atom stereocenters. The molecule has 0 saturated heterocycles. The summed E-state index contributed by atoms with van der Waals surface area (Å²) in [6, 6.07) is 7.71. The largest absolute Gasteiger partial charge is 0.310 e. The number of fused-ring (bicyclic) bond motifs is 1. The van der Waals surface area contributed by atoms with Crippen LogP contribution in [0.3, 0.4) is 0 Å². The van der Waals surface area contributed by atoms with Gasteiger partial charge in [0.1, 0.15) is 0 Å². The van der Waals surface area contributed by atoms with Crippen LogP contribution in [-0.4, -0.2) is 14.0 Å². The van der Waals surface area contributed by atoms with Gasteiger partial charge in [0.2, 0.25) is 5.78 Å². The molecule has 126 valence electrons. The topological polar surface area (TPSA) is 39.3 Å². The summed E-state index contributed by atoms with van der Waals surface area (Å²) in [5, 5.41) is 0.703. The third-order valence-corrected chi connectivity index (χ3v) is 4.73. The standard InChI is InChI=1S/C19H22ClN3O/c1-4-5-6-11-22-17(15-7-9-16(20)10-8-15)12-23-18(24)13(2)14(3)21-19(22)23/h7-10,12H,4-6,11H2,1-3H3. The molecule has 3 rings (SSSR count). The Morgan fingerprint density at radius 1 is 1.12 bits per heavy atom. The highest BCUT2D eigenvalue weighted by Gasteiger charge is 2.15. The van der Waals surface area contributed by atoms with Gasteiger partial charge in [-0.05, 0) is 38.0 Å². The molecular weight excluding hydrogens is 322 g/mol. The minimum atomic E-state index is 0.00181. The average Bonchev–Trinajstić information content (AvgIpc) is 2.92. The summed E-state index contributed by atoms with van der Waals surface area (Å²) < 4.78 is 3.81. The lowest BCUT2D eigenvalue weighted by molar-refractivity contribution is 0.613. The van der Waals surface area contributed by atoms with E-state index in [-0.39, 0.29) is 5.56 Å². The van der Waals surface area contributed by atoms with Crippen LogP contribution in [-0.2, 0) is 6.54 Å². The third kappa shape index (κ3) is 2.98. The first-order valence-electron chi connectivity index (χ1n) is 8.38. The van der Waals surface area contributed by atoms with Crippen molar-refractivity contribution >= 4 is 17.4 Å². The molecule has 0 radical (unpaired) electrons. The van der Waals surface area contributed by atoms with Crippen LogP contribution in [0.25, 0.3) is 17.0 Å². The summed E-state index contributed by atoms with van der Waals surface area (Å²) in [7, 11) is 0. The highest BCUT2D eigenvalue weighted by Crippen LogP contribution is 2.24. The first-order chi connectivity index (χ1) is 11.5. The van der Waals surface area contributed by atoms with E-state index in [1.54, 1.807) is 4.40 Å². The molecular formula is C19H22ClN3O. The normalized spacial score (nSPS) is 11.3. The molecule has 4 nitrogen and oxygen atoms in total. The molecule has 2 aromatic heterocycles. The van der Waals surface area contributed by atoms with Gasteiger partial charge in [-0.15, -0.1) is 0 Å². The predicted octanol–water partition coefficient (Wildman–Crippen LogP) is 4.62. The van der Waals surface area contributed by atoms with E-state index < -0.39 is 0 Å². The summed E-state index contributed by atoms with van der Waals surface area (Å²) in [4.78, 5) is 17.3. The Hall–Kier alpha value is -2.07. The van der Waals surface area contributed by atoms with Crippen LogP contribution in [0.1, 0.15) is 37.4 Å². The summed E-state index contributed by atoms with van der Waals surface area (Å²) >= 11 is 6.01. The Kier molecular flexibility index (Phi) is 4.76. The van der Waals surface area contributed by atoms with Crippen molar-refractivity contribution < 1.29 is 0 Å². The van der Waals surface area contributed by atoms with Crippen molar-refractivity contribution in [1.82, 2.24) is 14.0 Å². The molecule has 0 bridgehead atoms. The molecule has 0 N–H and O–H groups in total. The van der Waals surface area contributed by atoms with Gasteiger partial charge in [0, 0.05) is 29.0 Å². The van der Waals surface area contributed by atoms with Gasteiger partial charge in [-0.1, -0.05) is 43.5 Å². The second-order valence-electron chi connectivity index (χ2n) is 6.18. The maximum Gasteiger partial charge on any atom is 0.262 e. The smallest absolute Gasteiger partial charge is 0.262 e. The highest BCUT2D eigenvalue weighted by molar-refractivity contribution is 6.30. The van der Waals surface area contributed by atoms with Gasteiger partial charge in [-0.2, -0.15) is 0 Å². The van der Waals surface area contributed by atoms with Crippen molar-refractivity contribution in [2.75, 3.05) is 0 Å². The van der Waals surface area contributed by atoms with Crippen molar-refractivity contribution in [3.63, 3.8) is 0 Å². The van der Waals surface area contributed by atoms with E-state index in [0.717, 1.165) is 42.8 Å². The number of unbranched alkanes of at least 4 members (excludes halogenated alkanes) is 2. The molecule has 0 unspecified atom stereocenters. The second-order valence-corrected chi connectivity index (χ2v) is 6.61. The van der Waals surface area contributed by atoms with Crippen LogP contribution >= 0.6 is 11.6 Å². The maximum absolute atomic E-state index is 12.6. The van der Waals surface area contributed by atoms with Crippen molar-refractivity contribution in [2.24, 2.45) is 0 Å². The van der Waals surface area contributed by atoms with Gasteiger partial charge >= 0.3 is 0 Å². The number of hydrogen-bond donors (Lipinski definition) is 0. The molecule has 2 heterocycles. The quantitative estimate of drug-likeness (QED) is 0.634. The van der Waals surface area contributed by atoms with Gasteiger partial charge in [0.25, 0.3) is 5.56 Å². The molecule has 5 heteroatoms. The van der Waals surface area contributed by atoms with Gasteiger partial charge in [-0.3, -0.25) is 9.20 Å². The minimum absolute atomic E-state index is 0.00181. The van der Waals surface area contributed by atoms with Gasteiger partial charge < -0.3 is 4.57 Å². The second kappa shape index (κ2) is 6.81. The Labute approximate surface area is 146 Å². The van der Waals surface area contributed by atoms with E-state index in [9.17, 15) is 4.79 Å². The van der Waals surface area contributed by atoms with E-state index in [1.165, 1.54) is 0 Å². The van der Waals surface area contributed by atoms with Gasteiger partial charge in [0.15, 0.2) is 0 Å². The molecule has 0 spiro atoms. The van der Waals surface area contributed by atoms with E-state index in [0.29, 0.717) is 16.4 Å². The number of aromatic nitrogens is 3. The summed E-state index contributed by atoms with van der Waals surface area (Å²) in [5.74, 6) is 0.712. The third-order valence-electron chi connectivity index (χ3n) is 4.47. The predicted molar refractivity (Wildman–Crippen MR) is 98.9 cm³/mol. The molecule has 1 aromatic carbocycles. The molecule has 0 fully saturated rings. The van der Waals surface area contributed by atoms with Gasteiger partial charge in [0.05, 0.1) is 5.69 Å². The lowest BCUT2D eigenvalue weighted by Gasteiger charge is -2.10. The lowest BCUT2D eigenvalue weighted by atomic mass is 10.1. The van der Waals surface area contributed by atoms with Crippen molar-refractivity contribution in [2.45, 2.75) is 46.6 Å². The monoisotopic (exact) mass is 343 g/mol. The van der Waals surface area contributed by atoms with E-state index in [1.807, 2.05) is 44.3 Å². The first kappa shape index (κ1) is 16.8. The maximum atomic E-state index is 12.6. The van der Waals surface area contributed by atoms with Gasteiger partial charge in [-0.25, -0.2) is 4.98 Å². The summed E-state index contributed by atoms with van der Waals surface area (Å²) in [5.41, 5.74) is 3.52. The number of rotatable bonds is 5. The average molecular weight is 344 g/mol. The van der Waals surface area contributed by atoms with Crippen LogP contribution in [0.15, 0.2) is 35.3 Å². The number of hydrogen-bond acceptors (Lipinski definition) is 2. The zero-order valence-corrected chi connectivity index (χ0v) is 15.1. The molecule has 0 aliphatic rings. The Morgan fingerprint density at radius 2 is 1.83 bits per heavy atom. The fourth-order valence-corrected chi connectivity index (χ4v) is 3.04. The number of nitrogens with zero attached hydrogens (tertiary/aromatic N) is 3. The number of aryl methyl sites for hydroxylation is 2. The zero-order chi connectivity index (χ0) is 17.3. The van der Waals surface area contributed by atoms with Crippen molar-refractivity contribution in [1.29, 1.82) is 0 Å². The fourth-order valence-electron chi connectivity index (χ4n) is 2.91. The summed E-state index contributed by atoms with van der Waals surface area (Å²) in [6.45, 7) is 6.75. The number of benzene rings is 1. The Bertz CT molecular complexity index is 922. The lowest BCUT2D eigenvalue weighted by Crippen LogP contribution is -2.18. The fraction of sp³-hybridized carbons (Fsp3) is 0.368. The Balaban J connectivity index is 2.22. The van der Waals surface area contributed by atoms with Crippen LogP contribution in [0.4, 0.5) is 0 Å². The molecule has 24 heavy (non-hydrogen) atoms. The van der Waals surface area contributed by atoms with Crippen LogP contribution < -0.4 is 5.56 Å². The molecule has 0 aliphatic heterocycles.